The highest BCUT2D eigenvalue weighted by Crippen LogP contribution is 2.14. The highest BCUT2D eigenvalue weighted by Gasteiger charge is 2.06. The Hall–Kier alpha value is -1.88. The molecule has 1 aromatic heterocycles. The molecule has 0 radical (unpaired) electrons. The van der Waals surface area contributed by atoms with E-state index >= 15 is 0 Å². The van der Waals surface area contributed by atoms with Gasteiger partial charge in [0, 0.05) is 6.42 Å². The third-order valence-corrected chi connectivity index (χ3v) is 2.70. The monoisotopic (exact) mass is 261 g/mol. The maximum atomic E-state index is 5.59. The predicted octanol–water partition coefficient (Wildman–Crippen LogP) is 2.10. The molecule has 0 atom stereocenters. The summed E-state index contributed by atoms with van der Waals surface area (Å²) in [4.78, 5) is 4.24. The number of rotatable bonds is 7. The van der Waals surface area contributed by atoms with Crippen LogP contribution < -0.4 is 10.5 Å². The van der Waals surface area contributed by atoms with Gasteiger partial charge in [-0.25, -0.2) is 0 Å². The van der Waals surface area contributed by atoms with Gasteiger partial charge < -0.3 is 15.0 Å². The van der Waals surface area contributed by atoms with Gasteiger partial charge in [-0.15, -0.1) is 0 Å². The van der Waals surface area contributed by atoms with E-state index in [0.29, 0.717) is 19.0 Å². The lowest BCUT2D eigenvalue weighted by atomic mass is 10.1. The van der Waals surface area contributed by atoms with Crippen LogP contribution in [0.4, 0.5) is 0 Å². The molecule has 1 heterocycles. The van der Waals surface area contributed by atoms with E-state index in [0.717, 1.165) is 30.8 Å². The lowest BCUT2D eigenvalue weighted by molar-refractivity contribution is 0.242. The fourth-order valence-electron chi connectivity index (χ4n) is 1.74. The molecule has 2 N–H and O–H groups in total. The van der Waals surface area contributed by atoms with E-state index in [9.17, 15) is 0 Å². The molecule has 2 rings (SSSR count). The first kappa shape index (κ1) is 13.5. The van der Waals surface area contributed by atoms with Gasteiger partial charge in [-0.1, -0.05) is 24.2 Å². The SMILES string of the molecule is CCCc1noc(COc2ccc(CCN)cc2)n1. The molecule has 0 spiro atoms. The highest BCUT2D eigenvalue weighted by molar-refractivity contribution is 5.27. The molecule has 0 bridgehead atoms. The summed E-state index contributed by atoms with van der Waals surface area (Å²) in [7, 11) is 0. The Morgan fingerprint density at radius 2 is 2.00 bits per heavy atom. The third kappa shape index (κ3) is 4.06. The number of nitrogens with two attached hydrogens (primary N) is 1. The molecule has 0 aliphatic carbocycles. The molecule has 102 valence electrons. The smallest absolute Gasteiger partial charge is 0.264 e. The van der Waals surface area contributed by atoms with Crippen molar-refractivity contribution in [2.24, 2.45) is 5.73 Å². The second-order valence-corrected chi connectivity index (χ2v) is 4.33. The standard InChI is InChI=1S/C14H19N3O2/c1-2-3-13-16-14(19-17-13)10-18-12-6-4-11(5-7-12)8-9-15/h4-7H,2-3,8-10,15H2,1H3. The number of nitrogens with zero attached hydrogens (tertiary/aromatic N) is 2. The van der Waals surface area contributed by atoms with Crippen LogP contribution in [0.5, 0.6) is 5.75 Å². The molecule has 19 heavy (non-hydrogen) atoms. The average molecular weight is 261 g/mol. The van der Waals surface area contributed by atoms with E-state index in [-0.39, 0.29) is 0 Å². The minimum absolute atomic E-state index is 0.299. The third-order valence-electron chi connectivity index (χ3n) is 2.70. The van der Waals surface area contributed by atoms with Crippen molar-refractivity contribution < 1.29 is 9.26 Å². The minimum atomic E-state index is 0.299. The summed E-state index contributed by atoms with van der Waals surface area (Å²) in [6.45, 7) is 3.03. The molecule has 5 nitrogen and oxygen atoms in total. The van der Waals surface area contributed by atoms with Crippen LogP contribution in [0.3, 0.4) is 0 Å². The van der Waals surface area contributed by atoms with E-state index in [1.165, 1.54) is 5.56 Å². The molecule has 5 heteroatoms. The Bertz CT molecular complexity index is 494. The zero-order valence-electron chi connectivity index (χ0n) is 11.1. The van der Waals surface area contributed by atoms with E-state index in [1.807, 2.05) is 24.3 Å². The van der Waals surface area contributed by atoms with Crippen molar-refractivity contribution >= 4 is 0 Å². The molecule has 0 saturated heterocycles. The van der Waals surface area contributed by atoms with Gasteiger partial charge in [-0.3, -0.25) is 0 Å². The lowest BCUT2D eigenvalue weighted by Gasteiger charge is -2.04. The zero-order valence-corrected chi connectivity index (χ0v) is 11.1. The normalized spacial score (nSPS) is 10.6. The van der Waals surface area contributed by atoms with Gasteiger partial charge in [0.25, 0.3) is 5.89 Å². The zero-order chi connectivity index (χ0) is 13.5. The first-order valence-electron chi connectivity index (χ1n) is 6.55. The Morgan fingerprint density at radius 3 is 2.68 bits per heavy atom. The van der Waals surface area contributed by atoms with Crippen LogP contribution in [0.2, 0.25) is 0 Å². The molecule has 0 saturated carbocycles. The van der Waals surface area contributed by atoms with Crippen LogP contribution in [0.25, 0.3) is 0 Å². The van der Waals surface area contributed by atoms with Gasteiger partial charge in [-0.05, 0) is 37.1 Å². The molecule has 0 unspecified atom stereocenters. The maximum absolute atomic E-state index is 5.59. The van der Waals surface area contributed by atoms with Gasteiger partial charge in [0.05, 0.1) is 0 Å². The molecule has 0 aliphatic heterocycles. The second kappa shape index (κ2) is 6.89. The number of aromatic nitrogens is 2. The van der Waals surface area contributed by atoms with Gasteiger partial charge in [0.15, 0.2) is 12.4 Å². The summed E-state index contributed by atoms with van der Waals surface area (Å²) in [5, 5.41) is 3.88. The Kier molecular flexibility index (Phi) is 4.92. The Balaban J connectivity index is 1.86. The van der Waals surface area contributed by atoms with Crippen LogP contribution in [-0.2, 0) is 19.4 Å². The maximum Gasteiger partial charge on any atom is 0.264 e. The summed E-state index contributed by atoms with van der Waals surface area (Å²) in [5.74, 6) is 2.03. The van der Waals surface area contributed by atoms with Crippen LogP contribution in [-0.4, -0.2) is 16.7 Å². The van der Waals surface area contributed by atoms with Crippen LogP contribution in [0.15, 0.2) is 28.8 Å². The predicted molar refractivity (Wildman–Crippen MR) is 71.8 cm³/mol. The van der Waals surface area contributed by atoms with E-state index in [2.05, 4.69) is 17.1 Å². The fourth-order valence-corrected chi connectivity index (χ4v) is 1.74. The average Bonchev–Trinajstić information content (AvgIpc) is 2.87. The van der Waals surface area contributed by atoms with E-state index in [4.69, 9.17) is 15.0 Å². The number of ether oxygens (including phenoxy) is 1. The number of benzene rings is 1. The molecular weight excluding hydrogens is 242 g/mol. The van der Waals surface area contributed by atoms with Gasteiger partial charge in [-0.2, -0.15) is 4.98 Å². The summed E-state index contributed by atoms with van der Waals surface area (Å²) in [5.41, 5.74) is 6.71. The van der Waals surface area contributed by atoms with E-state index in [1.54, 1.807) is 0 Å². The topological polar surface area (TPSA) is 74.2 Å². The van der Waals surface area contributed by atoms with Crippen molar-refractivity contribution in [3.8, 4) is 5.75 Å². The summed E-state index contributed by atoms with van der Waals surface area (Å²) >= 11 is 0. The van der Waals surface area contributed by atoms with Crippen molar-refractivity contribution in [2.45, 2.75) is 32.8 Å². The van der Waals surface area contributed by atoms with Crippen LogP contribution >= 0.6 is 0 Å². The van der Waals surface area contributed by atoms with Gasteiger partial charge >= 0.3 is 0 Å². The van der Waals surface area contributed by atoms with Crippen molar-refractivity contribution in [3.05, 3.63) is 41.5 Å². The first-order chi connectivity index (χ1) is 9.31. The molecular formula is C14H19N3O2. The fraction of sp³-hybridized carbons (Fsp3) is 0.429. The minimum Gasteiger partial charge on any atom is -0.484 e. The lowest BCUT2D eigenvalue weighted by Crippen LogP contribution is -2.02. The highest BCUT2D eigenvalue weighted by atomic mass is 16.5. The van der Waals surface area contributed by atoms with Crippen molar-refractivity contribution in [3.63, 3.8) is 0 Å². The quantitative estimate of drug-likeness (QED) is 0.826. The van der Waals surface area contributed by atoms with Crippen molar-refractivity contribution in [2.75, 3.05) is 6.54 Å². The summed E-state index contributed by atoms with van der Waals surface area (Å²) in [6, 6.07) is 7.87. The van der Waals surface area contributed by atoms with Gasteiger partial charge in [0.2, 0.25) is 0 Å². The largest absolute Gasteiger partial charge is 0.484 e. The molecule has 2 aromatic rings. The van der Waals surface area contributed by atoms with E-state index < -0.39 is 0 Å². The first-order valence-corrected chi connectivity index (χ1v) is 6.55. The number of hydrogen-bond donors (Lipinski definition) is 1. The number of aryl methyl sites for hydroxylation is 1. The van der Waals surface area contributed by atoms with Gasteiger partial charge in [0.1, 0.15) is 5.75 Å². The molecule has 1 aromatic carbocycles. The molecule has 0 aliphatic rings. The van der Waals surface area contributed by atoms with Crippen LogP contribution in [0, 0.1) is 0 Å². The Labute approximate surface area is 112 Å². The molecule has 0 fully saturated rings. The number of hydrogen-bond acceptors (Lipinski definition) is 5. The molecule has 0 amide bonds. The van der Waals surface area contributed by atoms with Crippen molar-refractivity contribution in [1.82, 2.24) is 10.1 Å². The Morgan fingerprint density at radius 1 is 1.21 bits per heavy atom. The van der Waals surface area contributed by atoms with Crippen molar-refractivity contribution in [1.29, 1.82) is 0 Å². The summed E-state index contributed by atoms with van der Waals surface area (Å²) < 4.78 is 10.7. The second-order valence-electron chi connectivity index (χ2n) is 4.33. The van der Waals surface area contributed by atoms with Crippen LogP contribution in [0.1, 0.15) is 30.6 Å². The summed E-state index contributed by atoms with van der Waals surface area (Å²) in [6.07, 6.45) is 2.71.